The maximum absolute atomic E-state index is 9.87. The lowest BCUT2D eigenvalue weighted by atomic mass is 10.2. The van der Waals surface area contributed by atoms with Gasteiger partial charge in [-0.2, -0.15) is 0 Å². The SMILES string of the molecule is Cc1ncc(C(O)c2cnccn2)s1. The quantitative estimate of drug-likeness (QED) is 0.807. The lowest BCUT2D eigenvalue weighted by molar-refractivity contribution is 0.218. The van der Waals surface area contributed by atoms with Crippen molar-refractivity contribution in [1.82, 2.24) is 15.0 Å². The van der Waals surface area contributed by atoms with E-state index in [0.717, 1.165) is 9.88 Å². The van der Waals surface area contributed by atoms with Gasteiger partial charge in [0.05, 0.1) is 21.8 Å². The van der Waals surface area contributed by atoms with E-state index in [1.54, 1.807) is 24.8 Å². The Morgan fingerprint density at radius 2 is 2.14 bits per heavy atom. The zero-order valence-corrected chi connectivity index (χ0v) is 8.40. The molecular formula is C9H9N3OS. The average molecular weight is 207 g/mol. The number of thiazole rings is 1. The number of aliphatic hydroxyl groups excluding tert-OH is 1. The zero-order chi connectivity index (χ0) is 9.97. The fraction of sp³-hybridized carbons (Fsp3) is 0.222. The molecule has 1 atom stereocenters. The summed E-state index contributed by atoms with van der Waals surface area (Å²) in [6.07, 6.45) is 5.65. The van der Waals surface area contributed by atoms with E-state index in [9.17, 15) is 5.11 Å². The van der Waals surface area contributed by atoms with Gasteiger partial charge in [0.1, 0.15) is 6.10 Å². The summed E-state index contributed by atoms with van der Waals surface area (Å²) in [5.41, 5.74) is 0.552. The second kappa shape index (κ2) is 3.81. The van der Waals surface area contributed by atoms with Gasteiger partial charge >= 0.3 is 0 Å². The molecule has 0 aromatic carbocycles. The Balaban J connectivity index is 2.29. The van der Waals surface area contributed by atoms with Crippen LogP contribution in [-0.2, 0) is 0 Å². The highest BCUT2D eigenvalue weighted by Gasteiger charge is 2.13. The maximum atomic E-state index is 9.87. The van der Waals surface area contributed by atoms with Crippen molar-refractivity contribution < 1.29 is 5.11 Å². The van der Waals surface area contributed by atoms with Crippen LogP contribution in [0.4, 0.5) is 0 Å². The van der Waals surface area contributed by atoms with Crippen LogP contribution in [0.15, 0.2) is 24.8 Å². The highest BCUT2D eigenvalue weighted by atomic mass is 32.1. The number of hydrogen-bond acceptors (Lipinski definition) is 5. The molecule has 1 unspecified atom stereocenters. The first-order valence-corrected chi connectivity index (χ1v) is 4.95. The molecule has 72 valence electrons. The first kappa shape index (κ1) is 9.23. The van der Waals surface area contributed by atoms with Crippen LogP contribution in [-0.4, -0.2) is 20.1 Å². The van der Waals surface area contributed by atoms with E-state index in [-0.39, 0.29) is 0 Å². The Morgan fingerprint density at radius 3 is 2.71 bits per heavy atom. The number of nitrogens with zero attached hydrogens (tertiary/aromatic N) is 3. The predicted octanol–water partition coefficient (Wildman–Crippen LogP) is 1.32. The molecule has 1 N–H and O–H groups in total. The second-order valence-corrected chi connectivity index (χ2v) is 4.08. The normalized spacial score (nSPS) is 12.7. The van der Waals surface area contributed by atoms with Crippen LogP contribution in [0, 0.1) is 6.92 Å². The third-order valence-electron chi connectivity index (χ3n) is 1.77. The van der Waals surface area contributed by atoms with Crippen molar-refractivity contribution in [1.29, 1.82) is 0 Å². The fourth-order valence-electron chi connectivity index (χ4n) is 1.10. The molecule has 14 heavy (non-hydrogen) atoms. The third kappa shape index (κ3) is 1.78. The maximum Gasteiger partial charge on any atom is 0.133 e. The van der Waals surface area contributed by atoms with Crippen molar-refractivity contribution in [2.75, 3.05) is 0 Å². The molecule has 2 heterocycles. The summed E-state index contributed by atoms with van der Waals surface area (Å²) in [5, 5.41) is 10.8. The molecule has 0 radical (unpaired) electrons. The molecule has 2 aromatic heterocycles. The topological polar surface area (TPSA) is 58.9 Å². The van der Waals surface area contributed by atoms with Gasteiger partial charge in [-0.15, -0.1) is 11.3 Å². The Hall–Kier alpha value is -1.33. The Morgan fingerprint density at radius 1 is 1.29 bits per heavy atom. The van der Waals surface area contributed by atoms with Crippen molar-refractivity contribution >= 4 is 11.3 Å². The molecule has 0 aliphatic heterocycles. The van der Waals surface area contributed by atoms with Crippen LogP contribution in [0.3, 0.4) is 0 Å². The molecule has 0 bridgehead atoms. The summed E-state index contributed by atoms with van der Waals surface area (Å²) >= 11 is 1.46. The van der Waals surface area contributed by atoms with Gasteiger partial charge in [0.2, 0.25) is 0 Å². The summed E-state index contributed by atoms with van der Waals surface area (Å²) in [5.74, 6) is 0. The van der Waals surface area contributed by atoms with E-state index >= 15 is 0 Å². The van der Waals surface area contributed by atoms with Crippen LogP contribution in [0.25, 0.3) is 0 Å². The monoisotopic (exact) mass is 207 g/mol. The molecule has 0 aliphatic carbocycles. The van der Waals surface area contributed by atoms with E-state index in [1.165, 1.54) is 11.3 Å². The van der Waals surface area contributed by atoms with E-state index in [0.29, 0.717) is 5.69 Å². The Labute approximate surface area is 85.3 Å². The summed E-state index contributed by atoms with van der Waals surface area (Å²) in [6, 6.07) is 0. The van der Waals surface area contributed by atoms with Crippen molar-refractivity contribution in [3.05, 3.63) is 40.4 Å². The lowest BCUT2D eigenvalue weighted by Gasteiger charge is -2.05. The summed E-state index contributed by atoms with van der Waals surface area (Å²) < 4.78 is 0. The predicted molar refractivity (Wildman–Crippen MR) is 52.9 cm³/mol. The molecule has 0 spiro atoms. The molecule has 2 aromatic rings. The lowest BCUT2D eigenvalue weighted by Crippen LogP contribution is -2.00. The Bertz CT molecular complexity index is 415. The molecule has 0 fully saturated rings. The molecule has 2 rings (SSSR count). The van der Waals surface area contributed by atoms with E-state index in [1.807, 2.05) is 6.92 Å². The number of aromatic nitrogens is 3. The second-order valence-electron chi connectivity index (χ2n) is 2.81. The molecule has 0 saturated heterocycles. The molecule has 0 amide bonds. The average Bonchev–Trinajstić information content (AvgIpc) is 2.65. The van der Waals surface area contributed by atoms with Crippen molar-refractivity contribution in [3.63, 3.8) is 0 Å². The smallest absolute Gasteiger partial charge is 0.133 e. The molecule has 5 heteroatoms. The van der Waals surface area contributed by atoms with E-state index < -0.39 is 6.10 Å². The van der Waals surface area contributed by atoms with Crippen molar-refractivity contribution in [2.24, 2.45) is 0 Å². The molecular weight excluding hydrogens is 198 g/mol. The highest BCUT2D eigenvalue weighted by molar-refractivity contribution is 7.11. The summed E-state index contributed by atoms with van der Waals surface area (Å²) in [6.45, 7) is 1.90. The first-order chi connectivity index (χ1) is 6.77. The molecule has 0 saturated carbocycles. The van der Waals surface area contributed by atoms with Gasteiger partial charge in [0.15, 0.2) is 0 Å². The first-order valence-electron chi connectivity index (χ1n) is 4.13. The minimum Gasteiger partial charge on any atom is -0.381 e. The van der Waals surface area contributed by atoms with E-state index in [2.05, 4.69) is 15.0 Å². The largest absolute Gasteiger partial charge is 0.381 e. The van der Waals surface area contributed by atoms with E-state index in [4.69, 9.17) is 0 Å². The number of aryl methyl sites for hydroxylation is 1. The zero-order valence-electron chi connectivity index (χ0n) is 7.58. The standard InChI is InChI=1S/C9H9N3OS/c1-6-12-5-8(14-6)9(13)7-4-10-2-3-11-7/h2-5,9,13H,1H3. The van der Waals surface area contributed by atoms with Gasteiger partial charge in [-0.3, -0.25) is 9.97 Å². The van der Waals surface area contributed by atoms with Gasteiger partial charge < -0.3 is 5.11 Å². The van der Waals surface area contributed by atoms with Gasteiger partial charge in [-0.25, -0.2) is 4.98 Å². The molecule has 0 aliphatic rings. The summed E-state index contributed by atoms with van der Waals surface area (Å²) in [7, 11) is 0. The van der Waals surface area contributed by atoms with Crippen LogP contribution in [0.2, 0.25) is 0 Å². The van der Waals surface area contributed by atoms with Gasteiger partial charge in [0, 0.05) is 18.6 Å². The number of hydrogen-bond donors (Lipinski definition) is 1. The molecule has 4 nitrogen and oxygen atoms in total. The van der Waals surface area contributed by atoms with Gasteiger partial charge in [-0.05, 0) is 6.92 Å². The minimum absolute atomic E-state index is 0.552. The van der Waals surface area contributed by atoms with Crippen LogP contribution >= 0.6 is 11.3 Å². The van der Waals surface area contributed by atoms with Crippen LogP contribution in [0.1, 0.15) is 21.7 Å². The Kier molecular flexibility index (Phi) is 2.51. The highest BCUT2D eigenvalue weighted by Crippen LogP contribution is 2.24. The summed E-state index contributed by atoms with van der Waals surface area (Å²) in [4.78, 5) is 12.8. The third-order valence-corrected chi connectivity index (χ3v) is 2.74. The van der Waals surface area contributed by atoms with Crippen molar-refractivity contribution in [2.45, 2.75) is 13.0 Å². The fourth-order valence-corrected chi connectivity index (χ4v) is 1.89. The van der Waals surface area contributed by atoms with Gasteiger partial charge in [0.25, 0.3) is 0 Å². The number of aliphatic hydroxyl groups is 1. The number of rotatable bonds is 2. The van der Waals surface area contributed by atoms with Crippen LogP contribution < -0.4 is 0 Å². The minimum atomic E-state index is -0.713. The van der Waals surface area contributed by atoms with Crippen LogP contribution in [0.5, 0.6) is 0 Å². The van der Waals surface area contributed by atoms with Crippen molar-refractivity contribution in [3.8, 4) is 0 Å². The van der Waals surface area contributed by atoms with Gasteiger partial charge in [-0.1, -0.05) is 0 Å².